The normalized spacial score (nSPS) is 11.1. The van der Waals surface area contributed by atoms with Gasteiger partial charge in [-0.3, -0.25) is 9.89 Å². The van der Waals surface area contributed by atoms with Crippen molar-refractivity contribution >= 4 is 0 Å². The van der Waals surface area contributed by atoms with E-state index in [0.29, 0.717) is 19.6 Å². The Bertz CT molecular complexity index is 911. The Kier molecular flexibility index (Phi) is 7.70. The van der Waals surface area contributed by atoms with Gasteiger partial charge in [0, 0.05) is 24.3 Å². The van der Waals surface area contributed by atoms with E-state index in [-0.39, 0.29) is 11.5 Å². The second-order valence-electron chi connectivity index (χ2n) is 7.54. The largest absolute Gasteiger partial charge is 0.494 e. The fourth-order valence-electron chi connectivity index (χ4n) is 3.23. The first-order valence-corrected chi connectivity index (χ1v) is 10.3. The number of nitrogens with one attached hydrogen (secondary N) is 2. The molecular weight excluding hydrogens is 364 g/mol. The molecule has 154 valence electrons. The number of rotatable bonds is 11. The molecule has 2 aromatic carbocycles. The minimum Gasteiger partial charge on any atom is -0.494 e. The molecule has 2 N–H and O–H groups in total. The van der Waals surface area contributed by atoms with Crippen LogP contribution in [0, 0.1) is 0 Å². The van der Waals surface area contributed by atoms with Crippen LogP contribution in [0.5, 0.6) is 5.75 Å². The molecule has 3 aromatic rings. The second-order valence-corrected chi connectivity index (χ2v) is 7.54. The summed E-state index contributed by atoms with van der Waals surface area (Å²) in [6.07, 6.45) is 2.54. The Hall–Kier alpha value is -2.79. The van der Waals surface area contributed by atoms with Crippen LogP contribution in [-0.4, -0.2) is 23.4 Å². The van der Waals surface area contributed by atoms with Crippen molar-refractivity contribution in [3.8, 4) is 5.75 Å². The number of hydrogen-bond acceptors (Lipinski definition) is 3. The zero-order valence-corrected chi connectivity index (χ0v) is 17.2. The average molecular weight is 395 g/mol. The molecule has 0 saturated heterocycles. The first kappa shape index (κ1) is 20.9. The smallest absolute Gasteiger partial charge is 0.267 e. The molecule has 0 bridgehead atoms. The molecule has 0 radical (unpaired) electrons. The van der Waals surface area contributed by atoms with Crippen LogP contribution < -0.4 is 10.3 Å². The Morgan fingerprint density at radius 3 is 2.31 bits per heavy atom. The molecule has 0 saturated carbocycles. The van der Waals surface area contributed by atoms with Gasteiger partial charge in [0.15, 0.2) is 0 Å². The number of benzene rings is 2. The zero-order valence-electron chi connectivity index (χ0n) is 17.2. The highest BCUT2D eigenvalue weighted by molar-refractivity contribution is 5.32. The van der Waals surface area contributed by atoms with E-state index in [1.54, 1.807) is 0 Å². The Morgan fingerprint density at radius 2 is 1.59 bits per heavy atom. The van der Waals surface area contributed by atoms with E-state index in [0.717, 1.165) is 42.0 Å². The third-order valence-corrected chi connectivity index (χ3v) is 4.85. The monoisotopic (exact) mass is 394 g/mol. The van der Waals surface area contributed by atoms with Crippen molar-refractivity contribution in [2.45, 2.75) is 45.6 Å². The SMILES string of the molecule is CC(C)c1[nH][nH]c(=O)c1Cc1ccc(OCCCCOCc2ccccc2)cc1. The van der Waals surface area contributed by atoms with Crippen LogP contribution in [0.25, 0.3) is 0 Å². The summed E-state index contributed by atoms with van der Waals surface area (Å²) in [5.41, 5.74) is 4.04. The maximum absolute atomic E-state index is 12.0. The van der Waals surface area contributed by atoms with E-state index in [2.05, 4.69) is 36.2 Å². The molecule has 29 heavy (non-hydrogen) atoms. The summed E-state index contributed by atoms with van der Waals surface area (Å²) < 4.78 is 11.5. The zero-order chi connectivity index (χ0) is 20.5. The molecule has 1 aromatic heterocycles. The molecule has 1 heterocycles. The van der Waals surface area contributed by atoms with Crippen LogP contribution >= 0.6 is 0 Å². The van der Waals surface area contributed by atoms with Crippen LogP contribution in [-0.2, 0) is 17.8 Å². The summed E-state index contributed by atoms with van der Waals surface area (Å²) in [4.78, 5) is 12.0. The van der Waals surface area contributed by atoms with Crippen molar-refractivity contribution in [3.05, 3.63) is 87.3 Å². The molecule has 5 heteroatoms. The highest BCUT2D eigenvalue weighted by Crippen LogP contribution is 2.19. The number of aromatic amines is 2. The van der Waals surface area contributed by atoms with E-state index < -0.39 is 0 Å². The highest BCUT2D eigenvalue weighted by Gasteiger charge is 2.13. The topological polar surface area (TPSA) is 67.1 Å². The van der Waals surface area contributed by atoms with Gasteiger partial charge in [-0.15, -0.1) is 0 Å². The first-order chi connectivity index (χ1) is 14.1. The lowest BCUT2D eigenvalue weighted by atomic mass is 10.00. The number of hydrogen-bond donors (Lipinski definition) is 2. The van der Waals surface area contributed by atoms with Crippen molar-refractivity contribution in [2.24, 2.45) is 0 Å². The Balaban J connectivity index is 1.36. The van der Waals surface area contributed by atoms with Crippen molar-refractivity contribution < 1.29 is 9.47 Å². The maximum atomic E-state index is 12.0. The van der Waals surface area contributed by atoms with Gasteiger partial charge >= 0.3 is 0 Å². The molecule has 0 aliphatic carbocycles. The molecule has 0 amide bonds. The van der Waals surface area contributed by atoms with Crippen molar-refractivity contribution in [1.82, 2.24) is 10.2 Å². The summed E-state index contributed by atoms with van der Waals surface area (Å²) in [5, 5.41) is 5.68. The van der Waals surface area contributed by atoms with Gasteiger partial charge in [-0.25, -0.2) is 0 Å². The lowest BCUT2D eigenvalue weighted by Gasteiger charge is -2.09. The van der Waals surface area contributed by atoms with Gasteiger partial charge in [0.1, 0.15) is 5.75 Å². The predicted molar refractivity (Wildman–Crippen MR) is 116 cm³/mol. The van der Waals surface area contributed by atoms with Gasteiger partial charge < -0.3 is 14.6 Å². The third-order valence-electron chi connectivity index (χ3n) is 4.85. The van der Waals surface area contributed by atoms with Gasteiger partial charge in [0.2, 0.25) is 0 Å². The van der Waals surface area contributed by atoms with Crippen LogP contribution in [0.4, 0.5) is 0 Å². The summed E-state index contributed by atoms with van der Waals surface area (Å²) in [5.74, 6) is 1.13. The third kappa shape index (κ3) is 6.36. The molecule has 0 unspecified atom stereocenters. The second kappa shape index (κ2) is 10.7. The average Bonchev–Trinajstić information content (AvgIpc) is 3.10. The van der Waals surface area contributed by atoms with Crippen LogP contribution in [0.2, 0.25) is 0 Å². The van der Waals surface area contributed by atoms with Gasteiger partial charge in [-0.2, -0.15) is 0 Å². The van der Waals surface area contributed by atoms with Crippen molar-refractivity contribution in [2.75, 3.05) is 13.2 Å². The van der Waals surface area contributed by atoms with E-state index in [4.69, 9.17) is 9.47 Å². The molecule has 0 fully saturated rings. The summed E-state index contributed by atoms with van der Waals surface area (Å²) in [6.45, 7) is 6.22. The lowest BCUT2D eigenvalue weighted by molar-refractivity contribution is 0.113. The molecule has 0 atom stereocenters. The summed E-state index contributed by atoms with van der Waals surface area (Å²) in [6, 6.07) is 18.2. The molecule has 0 spiro atoms. The number of aromatic nitrogens is 2. The standard InChI is InChI=1S/C24H30N2O3/c1-18(2)23-22(24(27)26-25-23)16-19-10-12-21(13-11-19)29-15-7-6-14-28-17-20-8-4-3-5-9-20/h3-5,8-13,18H,6-7,14-17H2,1-2H3,(H2,25,26,27). The molecule has 5 nitrogen and oxygen atoms in total. The van der Waals surface area contributed by atoms with Crippen LogP contribution in [0.15, 0.2) is 59.4 Å². The molecule has 0 aliphatic rings. The van der Waals surface area contributed by atoms with Crippen molar-refractivity contribution in [3.63, 3.8) is 0 Å². The fourth-order valence-corrected chi connectivity index (χ4v) is 3.23. The predicted octanol–water partition coefficient (Wildman–Crippen LogP) is 4.79. The quantitative estimate of drug-likeness (QED) is 0.459. The molecule has 3 rings (SSSR count). The Labute approximate surface area is 172 Å². The summed E-state index contributed by atoms with van der Waals surface area (Å²) >= 11 is 0. The number of H-pyrrole nitrogens is 2. The van der Waals surface area contributed by atoms with Crippen LogP contribution in [0.1, 0.15) is 55.0 Å². The first-order valence-electron chi connectivity index (χ1n) is 10.3. The highest BCUT2D eigenvalue weighted by atomic mass is 16.5. The van der Waals surface area contributed by atoms with E-state index in [9.17, 15) is 4.79 Å². The lowest BCUT2D eigenvalue weighted by Crippen LogP contribution is -2.08. The molecule has 0 aliphatic heterocycles. The van der Waals surface area contributed by atoms with Gasteiger partial charge in [0.25, 0.3) is 5.56 Å². The Morgan fingerprint density at radius 1 is 0.862 bits per heavy atom. The minimum absolute atomic E-state index is 0.0384. The van der Waals surface area contributed by atoms with Gasteiger partial charge in [-0.1, -0.05) is 56.3 Å². The number of unbranched alkanes of at least 4 members (excludes halogenated alkanes) is 1. The van der Waals surface area contributed by atoms with E-state index >= 15 is 0 Å². The van der Waals surface area contributed by atoms with E-state index in [1.807, 2.05) is 42.5 Å². The van der Waals surface area contributed by atoms with E-state index in [1.165, 1.54) is 5.56 Å². The van der Waals surface area contributed by atoms with Crippen molar-refractivity contribution in [1.29, 1.82) is 0 Å². The fraction of sp³-hybridized carbons (Fsp3) is 0.375. The number of ether oxygens (including phenoxy) is 2. The van der Waals surface area contributed by atoms with Crippen LogP contribution in [0.3, 0.4) is 0 Å². The maximum Gasteiger partial charge on any atom is 0.267 e. The minimum atomic E-state index is -0.0384. The van der Waals surface area contributed by atoms with Gasteiger partial charge in [0.05, 0.1) is 13.2 Å². The summed E-state index contributed by atoms with van der Waals surface area (Å²) in [7, 11) is 0. The van der Waals surface area contributed by atoms with Gasteiger partial charge in [-0.05, 0) is 42.0 Å². The molecular formula is C24H30N2O3.